The quantitative estimate of drug-likeness (QED) is 0.224. The Labute approximate surface area is 67.5 Å². The molecule has 0 aromatic rings. The minimum absolute atomic E-state index is 0.394. The number of carbonyl (C=O) groups is 1. The minimum atomic E-state index is -1.05. The smallest absolute Gasteiger partial charge is 0.160 e. The van der Waals surface area contributed by atoms with E-state index in [-0.39, 0.29) is 0 Å². The molecule has 6 heteroatoms. The summed E-state index contributed by atoms with van der Waals surface area (Å²) in [6.07, 6.45) is 0.394. The fourth-order valence-corrected chi connectivity index (χ4v) is 0.746. The van der Waals surface area contributed by atoms with Crippen molar-refractivity contribution >= 4 is 34.7 Å². The van der Waals surface area contributed by atoms with Crippen LogP contribution >= 0.6 is 23.2 Å². The van der Waals surface area contributed by atoms with E-state index in [1.165, 1.54) is 0 Å². The highest BCUT2D eigenvalue weighted by molar-refractivity contribution is 6.66. The number of halogens is 2. The van der Waals surface area contributed by atoms with Gasteiger partial charge in [-0.2, -0.15) is 5.11 Å². The number of aldehydes is 1. The molecule has 0 spiro atoms. The summed E-state index contributed by atoms with van der Waals surface area (Å²) in [6, 6.07) is 0. The molecule has 0 rings (SSSR count). The summed E-state index contributed by atoms with van der Waals surface area (Å²) in [7, 11) is 0. The molecule has 0 aliphatic carbocycles. The Bertz CT molecular complexity index is 161. The molecule has 0 saturated heterocycles. The van der Waals surface area contributed by atoms with E-state index in [0.29, 0.717) is 6.29 Å². The van der Waals surface area contributed by atoms with Crippen molar-refractivity contribution < 1.29 is 4.79 Å². The summed E-state index contributed by atoms with van der Waals surface area (Å²) in [5, 5.41) is 9.23. The fourth-order valence-electron chi connectivity index (χ4n) is 0.326. The van der Waals surface area contributed by atoms with Crippen molar-refractivity contribution in [1.82, 2.24) is 0 Å². The number of nitrogens with one attached hydrogen (secondary N) is 2. The summed E-state index contributed by atoms with van der Waals surface area (Å²) >= 11 is 10.5. The van der Waals surface area contributed by atoms with Crippen molar-refractivity contribution in [3.05, 3.63) is 0 Å². The SMILES string of the molecule is N=NC(Cl)C(C=O)C(=N)Cl. The molecule has 2 unspecified atom stereocenters. The summed E-state index contributed by atoms with van der Waals surface area (Å²) < 4.78 is 0. The van der Waals surface area contributed by atoms with Crippen LogP contribution in [0.5, 0.6) is 0 Å². The predicted molar refractivity (Wildman–Crippen MR) is 37.9 cm³/mol. The average molecular weight is 182 g/mol. The molecule has 0 bridgehead atoms. The Morgan fingerprint density at radius 3 is 2.30 bits per heavy atom. The summed E-state index contributed by atoms with van der Waals surface area (Å²) in [5.74, 6) is -0.985. The third-order valence-corrected chi connectivity index (χ3v) is 1.48. The molecule has 0 aliphatic heterocycles. The largest absolute Gasteiger partial charge is 0.302 e. The number of alkyl halides is 1. The van der Waals surface area contributed by atoms with E-state index in [1.807, 2.05) is 0 Å². The lowest BCUT2D eigenvalue weighted by molar-refractivity contribution is -0.109. The molecule has 0 heterocycles. The number of nitrogens with zero attached hydrogens (tertiary/aromatic N) is 1. The van der Waals surface area contributed by atoms with Gasteiger partial charge in [0, 0.05) is 0 Å². The van der Waals surface area contributed by atoms with Crippen molar-refractivity contribution in [2.24, 2.45) is 11.0 Å². The number of hydrogen-bond donors (Lipinski definition) is 2. The maximum Gasteiger partial charge on any atom is 0.160 e. The zero-order valence-corrected chi connectivity index (χ0v) is 6.36. The molecule has 2 N–H and O–H groups in total. The number of hydrogen-bond acceptors (Lipinski definition) is 4. The Morgan fingerprint density at radius 1 is 1.70 bits per heavy atom. The third-order valence-electron chi connectivity index (χ3n) is 0.859. The van der Waals surface area contributed by atoms with Gasteiger partial charge in [-0.3, -0.25) is 5.41 Å². The molecule has 4 nitrogen and oxygen atoms in total. The van der Waals surface area contributed by atoms with Gasteiger partial charge >= 0.3 is 0 Å². The Balaban J connectivity index is 4.19. The van der Waals surface area contributed by atoms with Gasteiger partial charge in [-0.25, -0.2) is 5.53 Å². The van der Waals surface area contributed by atoms with Crippen LogP contribution in [0.25, 0.3) is 0 Å². The first-order valence-corrected chi connectivity index (χ1v) is 3.14. The van der Waals surface area contributed by atoms with Gasteiger partial charge in [-0.05, 0) is 0 Å². The Morgan fingerprint density at radius 2 is 2.20 bits per heavy atom. The van der Waals surface area contributed by atoms with Crippen LogP contribution in [0, 0.1) is 16.9 Å². The van der Waals surface area contributed by atoms with Crippen LogP contribution in [0.15, 0.2) is 5.11 Å². The molecule has 2 atom stereocenters. The van der Waals surface area contributed by atoms with Gasteiger partial charge in [-0.15, -0.1) is 0 Å². The second-order valence-corrected chi connectivity index (χ2v) is 2.37. The number of rotatable bonds is 4. The molecular formula is C4H5Cl2N3O. The van der Waals surface area contributed by atoms with Crippen LogP contribution in [0.2, 0.25) is 0 Å². The van der Waals surface area contributed by atoms with E-state index >= 15 is 0 Å². The van der Waals surface area contributed by atoms with Crippen LogP contribution in [0.1, 0.15) is 0 Å². The second-order valence-electron chi connectivity index (χ2n) is 1.51. The van der Waals surface area contributed by atoms with Crippen LogP contribution in [0.4, 0.5) is 0 Å². The first-order chi connectivity index (χ1) is 4.63. The molecular weight excluding hydrogens is 177 g/mol. The van der Waals surface area contributed by atoms with Crippen LogP contribution < -0.4 is 0 Å². The maximum absolute atomic E-state index is 10.1. The van der Waals surface area contributed by atoms with E-state index in [9.17, 15) is 4.79 Å². The van der Waals surface area contributed by atoms with Gasteiger partial charge in [0.1, 0.15) is 17.4 Å². The van der Waals surface area contributed by atoms with Crippen LogP contribution in [-0.4, -0.2) is 17.0 Å². The maximum atomic E-state index is 10.1. The average Bonchev–Trinajstić information content (AvgIpc) is 1.88. The Kier molecular flexibility index (Phi) is 4.14. The molecule has 0 radical (unpaired) electrons. The highest BCUT2D eigenvalue weighted by atomic mass is 35.5. The normalized spacial score (nSPS) is 15.4. The van der Waals surface area contributed by atoms with E-state index in [1.54, 1.807) is 0 Å². The summed E-state index contributed by atoms with van der Waals surface area (Å²) in [6.45, 7) is 0. The van der Waals surface area contributed by atoms with E-state index in [4.69, 9.17) is 34.1 Å². The van der Waals surface area contributed by atoms with Gasteiger partial charge in [0.05, 0.1) is 0 Å². The zero-order valence-electron chi connectivity index (χ0n) is 4.84. The van der Waals surface area contributed by atoms with Gasteiger partial charge < -0.3 is 4.79 Å². The fraction of sp³-hybridized carbons (Fsp3) is 0.500. The lowest BCUT2D eigenvalue weighted by Crippen LogP contribution is -2.19. The van der Waals surface area contributed by atoms with Gasteiger partial charge in [0.25, 0.3) is 0 Å². The van der Waals surface area contributed by atoms with Crippen molar-refractivity contribution in [3.63, 3.8) is 0 Å². The zero-order chi connectivity index (χ0) is 8.15. The van der Waals surface area contributed by atoms with Gasteiger partial charge in [0.2, 0.25) is 0 Å². The van der Waals surface area contributed by atoms with Crippen molar-refractivity contribution in [2.45, 2.75) is 5.50 Å². The first kappa shape index (κ1) is 9.52. The lowest BCUT2D eigenvalue weighted by atomic mass is 10.2. The summed E-state index contributed by atoms with van der Waals surface area (Å²) in [5.41, 5.74) is 5.36. The van der Waals surface area contributed by atoms with Crippen molar-refractivity contribution in [1.29, 1.82) is 10.9 Å². The van der Waals surface area contributed by atoms with Crippen molar-refractivity contribution in [2.75, 3.05) is 0 Å². The molecule has 0 fully saturated rings. The molecule has 56 valence electrons. The molecule has 0 aromatic heterocycles. The summed E-state index contributed by atoms with van der Waals surface area (Å²) in [4.78, 5) is 10.1. The predicted octanol–water partition coefficient (Wildman–Crippen LogP) is 1.61. The standard InChI is InChI=1S/C4H5Cl2N3O/c5-3(7)2(1-10)4(6)9-8/h1-2,4,7-8H. The monoisotopic (exact) mass is 181 g/mol. The van der Waals surface area contributed by atoms with Gasteiger partial charge in [0.15, 0.2) is 5.50 Å². The third kappa shape index (κ3) is 2.41. The number of carbonyl (C=O) groups excluding carboxylic acids is 1. The molecule has 0 aromatic carbocycles. The molecule has 10 heavy (non-hydrogen) atoms. The molecule has 0 aliphatic rings. The molecule has 0 amide bonds. The van der Waals surface area contributed by atoms with Gasteiger partial charge in [-0.1, -0.05) is 23.2 Å². The second kappa shape index (κ2) is 4.35. The van der Waals surface area contributed by atoms with Crippen LogP contribution in [0.3, 0.4) is 0 Å². The van der Waals surface area contributed by atoms with E-state index in [0.717, 1.165) is 0 Å². The first-order valence-electron chi connectivity index (χ1n) is 2.33. The topological polar surface area (TPSA) is 77.1 Å². The van der Waals surface area contributed by atoms with E-state index < -0.39 is 16.6 Å². The van der Waals surface area contributed by atoms with Crippen LogP contribution in [-0.2, 0) is 4.79 Å². The highest BCUT2D eigenvalue weighted by Gasteiger charge is 2.21. The Hall–Kier alpha value is -0.480. The highest BCUT2D eigenvalue weighted by Crippen LogP contribution is 2.12. The van der Waals surface area contributed by atoms with E-state index in [2.05, 4.69) is 5.11 Å². The lowest BCUT2D eigenvalue weighted by Gasteiger charge is -2.06. The van der Waals surface area contributed by atoms with Crippen molar-refractivity contribution in [3.8, 4) is 0 Å². The minimum Gasteiger partial charge on any atom is -0.302 e. The molecule has 0 saturated carbocycles.